The predicted octanol–water partition coefficient (Wildman–Crippen LogP) is 2.30. The molecule has 0 atom stereocenters. The van der Waals surface area contributed by atoms with Gasteiger partial charge in [0.15, 0.2) is 11.7 Å². The minimum atomic E-state index is -0.581. The second kappa shape index (κ2) is 7.33. The van der Waals surface area contributed by atoms with Crippen molar-refractivity contribution >= 4 is 34.8 Å². The largest absolute Gasteiger partial charge is 0.454 e. The Kier molecular flexibility index (Phi) is 5.46. The van der Waals surface area contributed by atoms with Crippen LogP contribution >= 0.6 is 22.9 Å². The van der Waals surface area contributed by atoms with Crippen LogP contribution in [0.15, 0.2) is 33.7 Å². The Labute approximate surface area is 137 Å². The fourth-order valence-corrected chi connectivity index (χ4v) is 3.04. The fraction of sp³-hybridized carbons (Fsp3) is 0.286. The lowest BCUT2D eigenvalue weighted by molar-refractivity contribution is 0.0972. The average Bonchev–Trinajstić information content (AvgIpc) is 3.09. The molecule has 2 rings (SSSR count). The number of hydrogen-bond donors (Lipinski definition) is 2. The van der Waals surface area contributed by atoms with Crippen LogP contribution < -0.4 is 11.1 Å². The molecule has 0 aliphatic heterocycles. The number of carbonyl (C=O) groups is 1. The first-order chi connectivity index (χ1) is 10.5. The van der Waals surface area contributed by atoms with E-state index in [4.69, 9.17) is 21.8 Å². The van der Waals surface area contributed by atoms with Gasteiger partial charge in [-0.1, -0.05) is 11.6 Å². The van der Waals surface area contributed by atoms with Crippen LogP contribution in [0.25, 0.3) is 0 Å². The minimum Gasteiger partial charge on any atom is -0.454 e. The Morgan fingerprint density at radius 3 is 2.77 bits per heavy atom. The lowest BCUT2D eigenvalue weighted by Crippen LogP contribution is -2.37. The highest BCUT2D eigenvalue weighted by Crippen LogP contribution is 2.22. The highest BCUT2D eigenvalue weighted by atomic mass is 35.5. The molecule has 3 N–H and O–H groups in total. The molecule has 1 amide bonds. The number of amides is 1. The zero-order chi connectivity index (χ0) is 16.1. The number of thiophene rings is 1. The van der Waals surface area contributed by atoms with E-state index in [1.165, 1.54) is 11.3 Å². The Balaban J connectivity index is 1.92. The number of rotatable bonds is 5. The van der Waals surface area contributed by atoms with Gasteiger partial charge in [0.2, 0.25) is 0 Å². The van der Waals surface area contributed by atoms with Gasteiger partial charge in [-0.15, -0.1) is 11.3 Å². The van der Waals surface area contributed by atoms with Gasteiger partial charge in [0.25, 0.3) is 5.91 Å². The lowest BCUT2D eigenvalue weighted by Gasteiger charge is -2.21. The number of halogens is 1. The Morgan fingerprint density at radius 2 is 2.23 bits per heavy atom. The van der Waals surface area contributed by atoms with E-state index in [1.807, 2.05) is 24.1 Å². The first-order valence-corrected chi connectivity index (χ1v) is 7.73. The van der Waals surface area contributed by atoms with E-state index in [0.717, 1.165) is 9.21 Å². The number of nitrogens with one attached hydrogen (secondary N) is 1. The topological polar surface area (TPSA) is 83.9 Å². The van der Waals surface area contributed by atoms with Gasteiger partial charge in [0.05, 0.1) is 17.4 Å². The summed E-state index contributed by atoms with van der Waals surface area (Å²) < 4.78 is 6.08. The summed E-state index contributed by atoms with van der Waals surface area (Å²) in [6.07, 6.45) is 0. The van der Waals surface area contributed by atoms with E-state index >= 15 is 0 Å². The van der Waals surface area contributed by atoms with E-state index in [0.29, 0.717) is 24.8 Å². The van der Waals surface area contributed by atoms with E-state index in [2.05, 4.69) is 10.3 Å². The molecule has 22 heavy (non-hydrogen) atoms. The molecule has 8 heteroatoms. The van der Waals surface area contributed by atoms with Crippen LogP contribution in [0, 0.1) is 0 Å². The number of nitrogens with two attached hydrogens (primary N) is 1. The Morgan fingerprint density at radius 1 is 1.45 bits per heavy atom. The quantitative estimate of drug-likeness (QED) is 0.646. The molecule has 0 fully saturated rings. The average molecular weight is 341 g/mol. The maximum Gasteiger partial charge on any atom is 0.284 e. The smallest absolute Gasteiger partial charge is 0.284 e. The summed E-state index contributed by atoms with van der Waals surface area (Å²) in [7, 11) is 3.64. The van der Waals surface area contributed by atoms with Crippen LogP contribution in [0.1, 0.15) is 21.2 Å². The van der Waals surface area contributed by atoms with Gasteiger partial charge in [0.1, 0.15) is 5.76 Å². The summed E-state index contributed by atoms with van der Waals surface area (Å²) in [4.78, 5) is 18.3. The number of guanidine groups is 1. The van der Waals surface area contributed by atoms with Crippen molar-refractivity contribution in [3.05, 3.63) is 45.0 Å². The van der Waals surface area contributed by atoms with Crippen molar-refractivity contribution in [2.24, 2.45) is 10.7 Å². The van der Waals surface area contributed by atoms with Crippen LogP contribution in [0.5, 0.6) is 0 Å². The van der Waals surface area contributed by atoms with E-state index in [-0.39, 0.29) is 5.76 Å². The van der Waals surface area contributed by atoms with Crippen molar-refractivity contribution in [2.75, 3.05) is 14.1 Å². The zero-order valence-corrected chi connectivity index (χ0v) is 13.9. The van der Waals surface area contributed by atoms with Crippen molar-refractivity contribution in [3.63, 3.8) is 0 Å². The summed E-state index contributed by atoms with van der Waals surface area (Å²) in [6, 6.07) is 7.13. The van der Waals surface area contributed by atoms with Crippen LogP contribution in [0.3, 0.4) is 0 Å². The number of aliphatic imine (C=N–C) groups is 1. The zero-order valence-electron chi connectivity index (χ0n) is 12.3. The molecule has 2 aromatic rings. The number of furan rings is 1. The van der Waals surface area contributed by atoms with Crippen LogP contribution in [-0.4, -0.2) is 30.9 Å². The van der Waals surface area contributed by atoms with Gasteiger partial charge in [-0.05, 0) is 24.3 Å². The number of nitrogens with zero attached hydrogens (tertiary/aromatic N) is 2. The van der Waals surface area contributed by atoms with Gasteiger partial charge < -0.3 is 20.4 Å². The second-order valence-corrected chi connectivity index (χ2v) is 6.39. The molecule has 2 aromatic heterocycles. The Hall–Kier alpha value is -1.99. The molecule has 0 bridgehead atoms. The first kappa shape index (κ1) is 16.4. The van der Waals surface area contributed by atoms with E-state index in [9.17, 15) is 4.79 Å². The molecule has 2 heterocycles. The third-order valence-corrected chi connectivity index (χ3v) is 4.14. The van der Waals surface area contributed by atoms with Crippen molar-refractivity contribution in [1.29, 1.82) is 0 Å². The molecule has 0 saturated heterocycles. The molecule has 0 unspecified atom stereocenters. The summed E-state index contributed by atoms with van der Waals surface area (Å²) >= 11 is 7.47. The van der Waals surface area contributed by atoms with Crippen molar-refractivity contribution in [2.45, 2.75) is 13.1 Å². The van der Waals surface area contributed by atoms with Crippen molar-refractivity contribution in [3.8, 4) is 0 Å². The van der Waals surface area contributed by atoms with Gasteiger partial charge in [-0.25, -0.2) is 0 Å². The molecular weight excluding hydrogens is 324 g/mol. The molecule has 0 spiro atoms. The Bertz CT molecular complexity index is 680. The van der Waals surface area contributed by atoms with Crippen LogP contribution in [0.2, 0.25) is 4.34 Å². The summed E-state index contributed by atoms with van der Waals surface area (Å²) in [5, 5.41) is 3.17. The molecular formula is C14H17ClN4O2S. The molecule has 118 valence electrons. The van der Waals surface area contributed by atoms with Crippen molar-refractivity contribution in [1.82, 2.24) is 10.2 Å². The third kappa shape index (κ3) is 4.25. The molecule has 6 nitrogen and oxygen atoms in total. The van der Waals surface area contributed by atoms with Crippen LogP contribution in [-0.2, 0) is 13.1 Å². The molecule has 0 aromatic carbocycles. The van der Waals surface area contributed by atoms with E-state index in [1.54, 1.807) is 19.2 Å². The molecule has 0 radical (unpaired) electrons. The maximum atomic E-state index is 11.0. The normalized spacial score (nSPS) is 11.5. The molecule has 0 aliphatic rings. The van der Waals surface area contributed by atoms with Gasteiger partial charge in [0, 0.05) is 19.0 Å². The van der Waals surface area contributed by atoms with Crippen LogP contribution in [0.4, 0.5) is 0 Å². The van der Waals surface area contributed by atoms with Gasteiger partial charge >= 0.3 is 0 Å². The number of primary amides is 1. The van der Waals surface area contributed by atoms with Gasteiger partial charge in [-0.3, -0.25) is 9.79 Å². The minimum absolute atomic E-state index is 0.147. The monoisotopic (exact) mass is 340 g/mol. The number of carbonyl (C=O) groups excluding carboxylic acids is 1. The summed E-state index contributed by atoms with van der Waals surface area (Å²) in [5.41, 5.74) is 5.15. The van der Waals surface area contributed by atoms with E-state index < -0.39 is 5.91 Å². The maximum absolute atomic E-state index is 11.0. The third-order valence-electron chi connectivity index (χ3n) is 2.92. The lowest BCUT2D eigenvalue weighted by atomic mass is 10.4. The summed E-state index contributed by atoms with van der Waals surface area (Å²) in [5.74, 6) is 0.889. The first-order valence-electron chi connectivity index (χ1n) is 6.54. The second-order valence-electron chi connectivity index (χ2n) is 4.59. The highest BCUT2D eigenvalue weighted by molar-refractivity contribution is 7.16. The summed E-state index contributed by atoms with van der Waals surface area (Å²) in [6.45, 7) is 1.11. The predicted molar refractivity (Wildman–Crippen MR) is 88.2 cm³/mol. The molecule has 0 saturated carbocycles. The fourth-order valence-electron chi connectivity index (χ4n) is 1.90. The van der Waals surface area contributed by atoms with Crippen molar-refractivity contribution < 1.29 is 9.21 Å². The highest BCUT2D eigenvalue weighted by Gasteiger charge is 2.10. The molecule has 0 aliphatic carbocycles. The number of hydrogen-bond acceptors (Lipinski definition) is 4. The van der Waals surface area contributed by atoms with Gasteiger partial charge in [-0.2, -0.15) is 0 Å². The SMILES string of the molecule is CN=C(NCc1ccc(C(N)=O)o1)N(C)Cc1ccc(Cl)s1. The standard InChI is InChI=1S/C14H17ClN4O2S/c1-17-14(19(2)8-10-4-6-12(15)22-10)18-7-9-3-5-11(21-9)13(16)20/h3-6H,7-8H2,1-2H3,(H2,16,20)(H,17,18).